The zero-order valence-electron chi connectivity index (χ0n) is 20.4. The van der Waals surface area contributed by atoms with E-state index in [2.05, 4.69) is 22.1 Å². The quantitative estimate of drug-likeness (QED) is 0.155. The van der Waals surface area contributed by atoms with Gasteiger partial charge in [0.05, 0.1) is 31.9 Å². The van der Waals surface area contributed by atoms with Gasteiger partial charge in [0.25, 0.3) is 5.91 Å². The molecule has 4 rings (SSSR count). The van der Waals surface area contributed by atoms with Gasteiger partial charge in [-0.3, -0.25) is 19.6 Å². The molecule has 1 unspecified atom stereocenters. The van der Waals surface area contributed by atoms with Crippen LogP contribution in [-0.2, 0) is 20.7 Å². The zero-order valence-corrected chi connectivity index (χ0v) is 24.0. The minimum absolute atomic E-state index is 0. The molecule has 2 heterocycles. The third-order valence-corrected chi connectivity index (χ3v) is 6.21. The van der Waals surface area contributed by atoms with Crippen molar-refractivity contribution in [2.75, 3.05) is 24.4 Å². The van der Waals surface area contributed by atoms with Crippen LogP contribution in [0.2, 0.25) is 0 Å². The summed E-state index contributed by atoms with van der Waals surface area (Å²) in [6.07, 6.45) is 1.61. The molecule has 0 bridgehead atoms. The number of carboxylic acids is 1. The Morgan fingerprint density at radius 1 is 1.14 bits per heavy atom. The van der Waals surface area contributed by atoms with Crippen molar-refractivity contribution in [3.8, 4) is 5.69 Å². The predicted octanol–water partition coefficient (Wildman–Crippen LogP) is -0.0223. The molecule has 1 amide bonds. The van der Waals surface area contributed by atoms with Crippen LogP contribution >= 0.6 is 24.4 Å². The Bertz CT molecular complexity index is 1480. The van der Waals surface area contributed by atoms with Gasteiger partial charge in [-0.05, 0) is 66.4 Å². The van der Waals surface area contributed by atoms with E-state index in [0.717, 1.165) is 0 Å². The van der Waals surface area contributed by atoms with Crippen LogP contribution in [0.1, 0.15) is 15.9 Å². The van der Waals surface area contributed by atoms with Crippen LogP contribution in [0.15, 0.2) is 66.8 Å². The molecule has 0 spiro atoms. The molecule has 2 aromatic carbocycles. The number of hydrogen-bond acceptors (Lipinski definition) is 8. The number of ether oxygens (including phenoxy) is 2. The van der Waals surface area contributed by atoms with Crippen molar-refractivity contribution in [1.82, 2.24) is 14.8 Å². The number of amides is 1. The monoisotopic (exact) mass is 547 g/mol. The summed E-state index contributed by atoms with van der Waals surface area (Å²) in [5.41, 5.74) is 2.81. The number of benzene rings is 2. The molecule has 1 atom stereocenters. The van der Waals surface area contributed by atoms with Gasteiger partial charge in [0, 0.05) is 29.4 Å². The maximum absolute atomic E-state index is 13.0. The molecule has 13 heteroatoms. The predicted molar refractivity (Wildman–Crippen MR) is 137 cm³/mol. The number of aromatic nitrogens is 3. The number of carboxylic acid groups (broad SMARTS) is 1. The van der Waals surface area contributed by atoms with Crippen LogP contribution in [0, 0.1) is 9.54 Å². The first kappa shape index (κ1) is 28.4. The molecule has 1 aromatic heterocycles. The van der Waals surface area contributed by atoms with Crippen LogP contribution in [-0.4, -0.2) is 46.9 Å². The molecule has 186 valence electrons. The van der Waals surface area contributed by atoms with E-state index in [-0.39, 0.29) is 53.5 Å². The first-order chi connectivity index (χ1) is 17.2. The van der Waals surface area contributed by atoms with Gasteiger partial charge in [-0.15, -0.1) is 0 Å². The fourth-order valence-electron chi connectivity index (χ4n) is 3.95. The number of H-pyrrole nitrogens is 2. The fraction of sp³-hybridized carbons (Fsp3) is 0.167. The largest absolute Gasteiger partial charge is 1.00 e. The van der Waals surface area contributed by atoms with Gasteiger partial charge >= 0.3 is 29.6 Å². The van der Waals surface area contributed by atoms with Gasteiger partial charge in [0.1, 0.15) is 5.76 Å². The Hall–Kier alpha value is -3.16. The van der Waals surface area contributed by atoms with Crippen LogP contribution < -0.4 is 44.9 Å². The van der Waals surface area contributed by atoms with Gasteiger partial charge in [0.2, 0.25) is 0 Å². The molecule has 0 saturated heterocycles. The van der Waals surface area contributed by atoms with Crippen molar-refractivity contribution in [3.63, 3.8) is 0 Å². The number of hydrogen-bond donors (Lipinski definition) is 3. The molecule has 1 aliphatic heterocycles. The standard InChI is InChI=1S/C24H23N5O5S2.Na/c1-13(33-2)9-20(34-3)29-18-8-7-14(10-15(18)11-19(29)22(31)32)21(30)25-16-5-4-6-17(12-16)28-23(35)26-27-24(28)36;/h4-10,12,19H,1,11H2,2-3H3,(H,25,30)(H,26,35)(H,27,36)(H,31,32);/q;+1/p-1/b20-9-;. The number of methoxy groups -OCH3 is 2. The second-order valence-corrected chi connectivity index (χ2v) is 8.58. The summed E-state index contributed by atoms with van der Waals surface area (Å²) in [5, 5.41) is 20.3. The summed E-state index contributed by atoms with van der Waals surface area (Å²) < 4.78 is 12.9. The fourth-order valence-corrected chi connectivity index (χ4v) is 4.50. The van der Waals surface area contributed by atoms with E-state index >= 15 is 0 Å². The van der Waals surface area contributed by atoms with Crippen LogP contribution in [0.5, 0.6) is 0 Å². The number of allylic oxidation sites excluding steroid dienone is 1. The minimum atomic E-state index is -1.28. The minimum Gasteiger partial charge on any atom is -0.548 e. The van der Waals surface area contributed by atoms with E-state index in [0.29, 0.717) is 37.7 Å². The number of nitrogens with one attached hydrogen (secondary N) is 3. The second kappa shape index (κ2) is 11.9. The maximum atomic E-state index is 13.0. The summed E-state index contributed by atoms with van der Waals surface area (Å²) in [5.74, 6) is -1.12. The zero-order chi connectivity index (χ0) is 26.0. The number of aromatic amines is 2. The number of carbonyl (C=O) groups is 2. The van der Waals surface area contributed by atoms with Gasteiger partial charge in [0.15, 0.2) is 15.4 Å². The average Bonchev–Trinajstić information content (AvgIpc) is 3.41. The SMILES string of the molecule is C=C(/C=C(\OC)N1c2ccc(C(=O)Nc3cccc(-n4c(=S)[nH][nH]c4=S)c3)cc2CC1C(=O)[O-])OC.[Na+]. The first-order valence-electron chi connectivity index (χ1n) is 10.7. The molecule has 3 N–H and O–H groups in total. The summed E-state index contributed by atoms with van der Waals surface area (Å²) in [7, 11) is 2.87. The van der Waals surface area contributed by atoms with E-state index in [1.165, 1.54) is 25.2 Å². The van der Waals surface area contributed by atoms with Gasteiger partial charge in [-0.25, -0.2) is 0 Å². The van der Waals surface area contributed by atoms with Gasteiger partial charge in [-0.2, -0.15) is 0 Å². The number of aliphatic carboxylic acids is 1. The number of anilines is 2. The average molecular weight is 548 g/mol. The van der Waals surface area contributed by atoms with E-state index in [1.807, 2.05) is 6.07 Å². The molecule has 1 aliphatic rings. The third-order valence-electron chi connectivity index (χ3n) is 5.64. The number of carbonyl (C=O) groups excluding carboxylic acids is 2. The van der Waals surface area contributed by atoms with Crippen molar-refractivity contribution < 1.29 is 53.7 Å². The van der Waals surface area contributed by atoms with Crippen LogP contribution in [0.4, 0.5) is 11.4 Å². The van der Waals surface area contributed by atoms with E-state index < -0.39 is 12.0 Å². The van der Waals surface area contributed by atoms with Crippen molar-refractivity contribution in [2.45, 2.75) is 12.5 Å². The molecule has 0 fully saturated rings. The Morgan fingerprint density at radius 2 is 1.84 bits per heavy atom. The van der Waals surface area contributed by atoms with Crippen molar-refractivity contribution in [2.24, 2.45) is 0 Å². The molecule has 0 saturated carbocycles. The molecular weight excluding hydrogens is 525 g/mol. The number of rotatable bonds is 8. The Balaban J connectivity index is 0.00000380. The Labute approximate surface area is 244 Å². The topological polar surface area (TPSA) is 127 Å². The third kappa shape index (κ3) is 5.89. The summed E-state index contributed by atoms with van der Waals surface area (Å²) in [4.78, 5) is 26.4. The summed E-state index contributed by atoms with van der Waals surface area (Å²) in [6.45, 7) is 3.73. The molecule has 0 aliphatic carbocycles. The van der Waals surface area contributed by atoms with Gasteiger partial charge in [-0.1, -0.05) is 12.6 Å². The molecule has 0 radical (unpaired) electrons. The Morgan fingerprint density at radius 3 is 2.46 bits per heavy atom. The number of nitrogens with zero attached hydrogens (tertiary/aromatic N) is 2. The molecular formula is C24H22N5NaO5S2. The van der Waals surface area contributed by atoms with E-state index in [4.69, 9.17) is 33.9 Å². The van der Waals surface area contributed by atoms with Crippen LogP contribution in [0.25, 0.3) is 5.69 Å². The second-order valence-electron chi connectivity index (χ2n) is 7.81. The normalized spacial score (nSPS) is 14.4. The Kier molecular flexibility index (Phi) is 9.16. The molecule has 37 heavy (non-hydrogen) atoms. The summed E-state index contributed by atoms with van der Waals surface area (Å²) in [6, 6.07) is 11.0. The maximum Gasteiger partial charge on any atom is 1.00 e. The van der Waals surface area contributed by atoms with E-state index in [9.17, 15) is 14.7 Å². The van der Waals surface area contributed by atoms with Gasteiger partial charge < -0.3 is 29.6 Å². The first-order valence-corrected chi connectivity index (χ1v) is 11.5. The van der Waals surface area contributed by atoms with E-state index in [1.54, 1.807) is 41.0 Å². The van der Waals surface area contributed by atoms with Crippen molar-refractivity contribution in [1.29, 1.82) is 0 Å². The van der Waals surface area contributed by atoms with Crippen molar-refractivity contribution >= 4 is 47.7 Å². The summed E-state index contributed by atoms with van der Waals surface area (Å²) >= 11 is 10.5. The molecule has 3 aromatic rings. The molecule has 10 nitrogen and oxygen atoms in total. The smallest absolute Gasteiger partial charge is 0.548 e. The van der Waals surface area contributed by atoms with Crippen LogP contribution in [0.3, 0.4) is 0 Å². The van der Waals surface area contributed by atoms with Crippen molar-refractivity contribution in [3.05, 3.63) is 87.4 Å². The number of fused-ring (bicyclic) bond motifs is 1.